The van der Waals surface area contributed by atoms with Gasteiger partial charge in [0.05, 0.1) is 0 Å². The average Bonchev–Trinajstić information content (AvgIpc) is 2.37. The summed E-state index contributed by atoms with van der Waals surface area (Å²) in [6.07, 6.45) is 3.38. The largest absolute Gasteiger partial charge is 0.364 e. The molecule has 0 radical (unpaired) electrons. The van der Waals surface area contributed by atoms with Crippen LogP contribution in [0.25, 0.3) is 0 Å². The molecule has 3 N–H and O–H groups in total. The molecule has 0 saturated carbocycles. The van der Waals surface area contributed by atoms with Crippen LogP contribution < -0.4 is 11.2 Å². The second kappa shape index (κ2) is 6.90. The van der Waals surface area contributed by atoms with Crippen molar-refractivity contribution in [1.82, 2.24) is 9.88 Å². The summed E-state index contributed by atoms with van der Waals surface area (Å²) >= 11 is 0. The first-order valence-electron chi connectivity index (χ1n) is 6.73. The first kappa shape index (κ1) is 16.7. The number of nitrogens with zero attached hydrogens (tertiary/aromatic N) is 1. The zero-order valence-electron chi connectivity index (χ0n) is 11.9. The Bertz CT molecular complexity index is 529. The average molecular weight is 300 g/mol. The minimum atomic E-state index is -0.226. The van der Waals surface area contributed by atoms with Crippen molar-refractivity contribution >= 4 is 18.3 Å². The molecule has 0 aromatic carbocycles. The van der Waals surface area contributed by atoms with Gasteiger partial charge < -0.3 is 15.6 Å². The number of likely N-dealkylation sites (tertiary alicyclic amines) is 1. The Morgan fingerprint density at radius 1 is 1.55 bits per heavy atom. The highest BCUT2D eigenvalue weighted by molar-refractivity contribution is 5.94. The maximum Gasteiger partial charge on any atom is 0.259 e. The van der Waals surface area contributed by atoms with E-state index in [1.165, 1.54) is 12.3 Å². The van der Waals surface area contributed by atoms with Crippen molar-refractivity contribution in [2.45, 2.75) is 32.7 Å². The van der Waals surface area contributed by atoms with Gasteiger partial charge in [0, 0.05) is 37.1 Å². The summed E-state index contributed by atoms with van der Waals surface area (Å²) in [5, 5.41) is 0. The summed E-state index contributed by atoms with van der Waals surface area (Å²) in [5.41, 5.74) is 6.49. The lowest BCUT2D eigenvalue weighted by atomic mass is 9.92. The number of amides is 1. The van der Waals surface area contributed by atoms with E-state index in [0.717, 1.165) is 18.5 Å². The number of carbonyl (C=O) groups excluding carboxylic acids is 1. The number of hydrogen-bond acceptors (Lipinski definition) is 3. The monoisotopic (exact) mass is 299 g/mol. The minimum absolute atomic E-state index is 0. The number of aromatic amines is 1. The highest BCUT2D eigenvalue weighted by atomic mass is 35.5. The van der Waals surface area contributed by atoms with Crippen LogP contribution in [0.1, 0.15) is 35.8 Å². The van der Waals surface area contributed by atoms with Gasteiger partial charge in [-0.05, 0) is 25.7 Å². The summed E-state index contributed by atoms with van der Waals surface area (Å²) in [7, 11) is 0. The Hall–Kier alpha value is -1.33. The van der Waals surface area contributed by atoms with Crippen molar-refractivity contribution in [2.75, 3.05) is 13.1 Å². The van der Waals surface area contributed by atoms with Gasteiger partial charge in [0.15, 0.2) is 5.43 Å². The molecule has 2 unspecified atom stereocenters. The molecule has 2 rings (SSSR count). The number of pyridine rings is 1. The Morgan fingerprint density at radius 2 is 2.25 bits per heavy atom. The molecule has 1 saturated heterocycles. The van der Waals surface area contributed by atoms with Gasteiger partial charge in [-0.15, -0.1) is 12.4 Å². The molecule has 1 aliphatic rings. The van der Waals surface area contributed by atoms with Gasteiger partial charge in [0.1, 0.15) is 5.56 Å². The topological polar surface area (TPSA) is 79.2 Å². The smallest absolute Gasteiger partial charge is 0.259 e. The molecule has 6 heteroatoms. The summed E-state index contributed by atoms with van der Waals surface area (Å²) in [5.74, 6) is 0.373. The van der Waals surface area contributed by atoms with E-state index in [4.69, 9.17) is 5.73 Å². The van der Waals surface area contributed by atoms with Crippen molar-refractivity contribution in [1.29, 1.82) is 0 Å². The number of nitrogens with one attached hydrogen (secondary N) is 1. The van der Waals surface area contributed by atoms with Crippen molar-refractivity contribution in [3.63, 3.8) is 0 Å². The summed E-state index contributed by atoms with van der Waals surface area (Å²) < 4.78 is 0. The number of rotatable bonds is 2. The molecule has 1 aromatic heterocycles. The third-order valence-corrected chi connectivity index (χ3v) is 3.80. The summed E-state index contributed by atoms with van der Waals surface area (Å²) in [6, 6.07) is 1.49. The molecule has 0 bridgehead atoms. The van der Waals surface area contributed by atoms with Crippen LogP contribution in [0.3, 0.4) is 0 Å². The predicted octanol–water partition coefficient (Wildman–Crippen LogP) is 1.30. The maximum atomic E-state index is 12.5. The zero-order valence-corrected chi connectivity index (χ0v) is 12.7. The first-order chi connectivity index (χ1) is 9.02. The van der Waals surface area contributed by atoms with Crippen LogP contribution in [0.4, 0.5) is 0 Å². The molecule has 0 aliphatic carbocycles. The molecule has 1 fully saturated rings. The third kappa shape index (κ3) is 3.41. The van der Waals surface area contributed by atoms with Crippen LogP contribution in [-0.2, 0) is 0 Å². The number of nitrogens with two attached hydrogens (primary N) is 1. The number of hydrogen-bond donors (Lipinski definition) is 2. The van der Waals surface area contributed by atoms with Crippen LogP contribution in [0.2, 0.25) is 0 Å². The molecule has 0 spiro atoms. The fraction of sp³-hybridized carbons (Fsp3) is 0.571. The molecular weight excluding hydrogens is 278 g/mol. The van der Waals surface area contributed by atoms with Gasteiger partial charge in [-0.3, -0.25) is 9.59 Å². The van der Waals surface area contributed by atoms with Crippen LogP contribution in [0.15, 0.2) is 17.1 Å². The lowest BCUT2D eigenvalue weighted by molar-refractivity contribution is 0.0572. The van der Waals surface area contributed by atoms with E-state index < -0.39 is 0 Å². The lowest BCUT2D eigenvalue weighted by Gasteiger charge is -2.37. The molecule has 112 valence electrons. The minimum Gasteiger partial charge on any atom is -0.364 e. The molecule has 20 heavy (non-hydrogen) atoms. The molecule has 5 nitrogen and oxygen atoms in total. The zero-order chi connectivity index (χ0) is 14.0. The number of piperidine rings is 1. The van der Waals surface area contributed by atoms with E-state index >= 15 is 0 Å². The molecular formula is C14H22ClN3O2. The number of aromatic nitrogens is 1. The van der Waals surface area contributed by atoms with Crippen LogP contribution in [-0.4, -0.2) is 34.9 Å². The molecule has 2 heterocycles. The molecule has 1 aliphatic heterocycles. The van der Waals surface area contributed by atoms with Gasteiger partial charge in [0.25, 0.3) is 5.91 Å². The van der Waals surface area contributed by atoms with E-state index in [9.17, 15) is 9.59 Å². The van der Waals surface area contributed by atoms with Crippen molar-refractivity contribution < 1.29 is 4.79 Å². The Morgan fingerprint density at radius 3 is 2.85 bits per heavy atom. The second-order valence-corrected chi connectivity index (χ2v) is 5.41. The van der Waals surface area contributed by atoms with Crippen LogP contribution >= 0.6 is 12.4 Å². The summed E-state index contributed by atoms with van der Waals surface area (Å²) in [6.45, 7) is 5.08. The van der Waals surface area contributed by atoms with Crippen molar-refractivity contribution in [2.24, 2.45) is 11.7 Å². The highest BCUT2D eigenvalue weighted by Gasteiger charge is 2.30. The Balaban J connectivity index is 0.00000200. The predicted molar refractivity (Wildman–Crippen MR) is 81.3 cm³/mol. The van der Waals surface area contributed by atoms with Gasteiger partial charge in [-0.2, -0.15) is 0 Å². The van der Waals surface area contributed by atoms with E-state index in [0.29, 0.717) is 19.0 Å². The maximum absolute atomic E-state index is 12.5. The van der Waals surface area contributed by atoms with E-state index in [1.807, 2.05) is 0 Å². The second-order valence-electron chi connectivity index (χ2n) is 5.41. The number of aryl methyl sites for hydroxylation is 1. The van der Waals surface area contributed by atoms with E-state index in [2.05, 4.69) is 11.9 Å². The standard InChI is InChI=1S/C14H21N3O2.ClH/c1-9-3-4-17(11(5-9)7-15)14(19)12-8-16-10(2)6-13(12)18;/h6,8-9,11H,3-5,7,15H2,1-2H3,(H,16,18);1H. The number of H-pyrrole nitrogens is 1. The third-order valence-electron chi connectivity index (χ3n) is 3.80. The SMILES string of the molecule is Cc1cc(=O)c(C(=O)N2CCC(C)CC2CN)c[nH]1.Cl. The van der Waals surface area contributed by atoms with Gasteiger partial charge in [0.2, 0.25) is 0 Å². The van der Waals surface area contributed by atoms with Crippen LogP contribution in [0, 0.1) is 12.8 Å². The lowest BCUT2D eigenvalue weighted by Crippen LogP contribution is -2.50. The molecule has 2 atom stereocenters. The normalized spacial score (nSPS) is 22.2. The fourth-order valence-electron chi connectivity index (χ4n) is 2.64. The van der Waals surface area contributed by atoms with E-state index in [-0.39, 0.29) is 35.3 Å². The van der Waals surface area contributed by atoms with Gasteiger partial charge in [-0.1, -0.05) is 6.92 Å². The highest BCUT2D eigenvalue weighted by Crippen LogP contribution is 2.22. The van der Waals surface area contributed by atoms with Gasteiger partial charge in [-0.25, -0.2) is 0 Å². The Kier molecular flexibility index (Phi) is 5.77. The number of carbonyl (C=O) groups is 1. The Labute approximate surface area is 125 Å². The van der Waals surface area contributed by atoms with Crippen molar-refractivity contribution in [3.8, 4) is 0 Å². The quantitative estimate of drug-likeness (QED) is 0.864. The number of halogens is 1. The molecule has 1 amide bonds. The van der Waals surface area contributed by atoms with E-state index in [1.54, 1.807) is 11.8 Å². The van der Waals surface area contributed by atoms with Crippen molar-refractivity contribution in [3.05, 3.63) is 33.7 Å². The molecule has 1 aromatic rings. The van der Waals surface area contributed by atoms with Crippen LogP contribution in [0.5, 0.6) is 0 Å². The van der Waals surface area contributed by atoms with Gasteiger partial charge >= 0.3 is 0 Å². The fourth-order valence-corrected chi connectivity index (χ4v) is 2.64. The summed E-state index contributed by atoms with van der Waals surface area (Å²) in [4.78, 5) is 29.0. The first-order valence-corrected chi connectivity index (χ1v) is 6.73.